The Labute approximate surface area is 354 Å². The van der Waals surface area contributed by atoms with Crippen LogP contribution < -0.4 is 4.90 Å². The second-order valence-electron chi connectivity index (χ2n) is 19.3. The summed E-state index contributed by atoms with van der Waals surface area (Å²) in [5.74, 6) is 2.09. The van der Waals surface area contributed by atoms with E-state index in [2.05, 4.69) is 153 Å². The summed E-state index contributed by atoms with van der Waals surface area (Å²) in [7, 11) is 0. The molecule has 0 spiro atoms. The van der Waals surface area contributed by atoms with Crippen molar-refractivity contribution in [2.75, 3.05) is 4.90 Å². The van der Waals surface area contributed by atoms with E-state index in [0.29, 0.717) is 17.8 Å². The first-order valence-electron chi connectivity index (χ1n) is 23.4. The smallest absolute Gasteiger partial charge is 0.0467 e. The minimum absolute atomic E-state index is 0.0665. The quantitative estimate of drug-likeness (QED) is 0.149. The van der Waals surface area contributed by atoms with Gasteiger partial charge in [-0.25, -0.2) is 0 Å². The number of hydrogen-bond donors (Lipinski definition) is 0. The Morgan fingerprint density at radius 3 is 1.63 bits per heavy atom. The Morgan fingerprint density at radius 2 is 0.966 bits per heavy atom. The van der Waals surface area contributed by atoms with Crippen LogP contribution in [-0.4, -0.2) is 0 Å². The number of benzene rings is 6. The monoisotopic (exact) mass is 773 g/mol. The van der Waals surface area contributed by atoms with E-state index in [0.717, 1.165) is 0 Å². The van der Waals surface area contributed by atoms with E-state index in [1.165, 1.54) is 169 Å². The van der Waals surface area contributed by atoms with Gasteiger partial charge in [0, 0.05) is 22.5 Å². The summed E-state index contributed by atoms with van der Waals surface area (Å²) >= 11 is 0. The summed E-state index contributed by atoms with van der Waals surface area (Å²) in [6.07, 6.45) is 20.4. The highest BCUT2D eigenvalue weighted by molar-refractivity contribution is 5.87. The van der Waals surface area contributed by atoms with Crippen molar-refractivity contribution >= 4 is 17.1 Å². The normalized spacial score (nSPS) is 18.4. The van der Waals surface area contributed by atoms with Gasteiger partial charge < -0.3 is 4.90 Å². The molecule has 6 aromatic rings. The van der Waals surface area contributed by atoms with Crippen molar-refractivity contribution in [3.63, 3.8) is 0 Å². The van der Waals surface area contributed by atoms with E-state index >= 15 is 0 Å². The fourth-order valence-electron chi connectivity index (χ4n) is 11.7. The molecular weight excluding hydrogens is 711 g/mol. The minimum Gasteiger partial charge on any atom is -0.310 e. The van der Waals surface area contributed by atoms with Crippen LogP contribution in [0, 0.1) is 6.92 Å². The lowest BCUT2D eigenvalue weighted by atomic mass is 9.78. The summed E-state index contributed by atoms with van der Waals surface area (Å²) in [5, 5.41) is 0. The van der Waals surface area contributed by atoms with Crippen LogP contribution in [0.25, 0.3) is 33.4 Å². The number of fused-ring (bicyclic) bond motifs is 3. The van der Waals surface area contributed by atoms with Crippen LogP contribution >= 0.6 is 0 Å². The summed E-state index contributed by atoms with van der Waals surface area (Å²) in [6.45, 7) is 7.08. The zero-order valence-electron chi connectivity index (χ0n) is 35.9. The van der Waals surface area contributed by atoms with Gasteiger partial charge in [0.1, 0.15) is 0 Å². The van der Waals surface area contributed by atoms with Gasteiger partial charge in [0.15, 0.2) is 0 Å². The SMILES string of the molecule is Cc1ccc(-c2cc(C3CCCCC3)cc(C3CCCCC3)c2)cc1-c1cccc(N(c2ccc(C3CCCCC3)cc2)c2ccc3c(c2)C(C)(C)c2ccccc2-3)c1. The molecule has 300 valence electrons. The average molecular weight is 774 g/mol. The molecule has 4 aliphatic rings. The van der Waals surface area contributed by atoms with Crippen LogP contribution in [0.5, 0.6) is 0 Å². The molecule has 0 heterocycles. The molecule has 4 aliphatic carbocycles. The maximum Gasteiger partial charge on any atom is 0.0467 e. The third-order valence-corrected chi connectivity index (χ3v) is 15.2. The molecule has 0 saturated heterocycles. The molecule has 0 radical (unpaired) electrons. The standard InChI is InChI=1S/C58H63N/c1-40-26-27-45(49-35-47(42-18-9-5-10-19-42)34-48(36-49)43-20-11-6-12-21-43)38-55(40)46-22-15-23-51(37-46)59(50-30-28-44(29-31-50)41-16-7-4-8-17-41)52-32-33-54-53-24-13-14-25-56(53)58(2,3)57(54)39-52/h13-15,22-39,41-43H,4-12,16-21H2,1-3H3. The lowest BCUT2D eigenvalue weighted by Gasteiger charge is -2.29. The van der Waals surface area contributed by atoms with Gasteiger partial charge in [-0.1, -0.05) is 157 Å². The van der Waals surface area contributed by atoms with E-state index in [1.54, 1.807) is 11.1 Å². The number of hydrogen-bond acceptors (Lipinski definition) is 1. The second-order valence-corrected chi connectivity index (χ2v) is 19.3. The number of rotatable bonds is 8. The molecule has 0 unspecified atom stereocenters. The molecule has 3 saturated carbocycles. The van der Waals surface area contributed by atoms with Crippen molar-refractivity contribution in [2.24, 2.45) is 0 Å². The van der Waals surface area contributed by atoms with Crippen LogP contribution in [-0.2, 0) is 5.41 Å². The zero-order valence-corrected chi connectivity index (χ0v) is 35.9. The fraction of sp³-hybridized carbons (Fsp3) is 0.379. The Balaban J connectivity index is 1.05. The summed E-state index contributed by atoms with van der Waals surface area (Å²) in [4.78, 5) is 2.51. The highest BCUT2D eigenvalue weighted by Crippen LogP contribution is 2.51. The predicted molar refractivity (Wildman–Crippen MR) is 252 cm³/mol. The van der Waals surface area contributed by atoms with Gasteiger partial charge >= 0.3 is 0 Å². The molecule has 0 N–H and O–H groups in total. The molecule has 0 aromatic heterocycles. The topological polar surface area (TPSA) is 3.24 Å². The maximum absolute atomic E-state index is 2.63. The average Bonchev–Trinajstić information content (AvgIpc) is 3.53. The van der Waals surface area contributed by atoms with Crippen molar-refractivity contribution < 1.29 is 0 Å². The zero-order chi connectivity index (χ0) is 39.9. The van der Waals surface area contributed by atoms with E-state index in [4.69, 9.17) is 0 Å². The third-order valence-electron chi connectivity index (χ3n) is 15.2. The summed E-state index contributed by atoms with van der Waals surface area (Å²) in [5.41, 5.74) is 20.5. The largest absolute Gasteiger partial charge is 0.310 e. The Kier molecular flexibility index (Phi) is 10.6. The molecule has 10 rings (SSSR count). The van der Waals surface area contributed by atoms with E-state index < -0.39 is 0 Å². The van der Waals surface area contributed by atoms with Crippen LogP contribution in [0.3, 0.4) is 0 Å². The summed E-state index contributed by atoms with van der Waals surface area (Å²) in [6, 6.07) is 50.2. The van der Waals surface area contributed by atoms with Crippen LogP contribution in [0.1, 0.15) is 161 Å². The first-order chi connectivity index (χ1) is 28.9. The fourth-order valence-corrected chi connectivity index (χ4v) is 11.7. The Morgan fingerprint density at radius 1 is 0.390 bits per heavy atom. The molecule has 0 atom stereocenters. The van der Waals surface area contributed by atoms with Crippen molar-refractivity contribution in [1.29, 1.82) is 0 Å². The molecule has 3 fully saturated rings. The molecule has 1 nitrogen and oxygen atoms in total. The van der Waals surface area contributed by atoms with E-state index in [-0.39, 0.29) is 5.41 Å². The van der Waals surface area contributed by atoms with Gasteiger partial charge in [-0.15, -0.1) is 0 Å². The predicted octanol–water partition coefficient (Wildman–Crippen LogP) is 17.2. The highest BCUT2D eigenvalue weighted by Gasteiger charge is 2.36. The van der Waals surface area contributed by atoms with Gasteiger partial charge in [0.05, 0.1) is 0 Å². The number of nitrogens with zero attached hydrogens (tertiary/aromatic N) is 1. The van der Waals surface area contributed by atoms with E-state index in [9.17, 15) is 0 Å². The van der Waals surface area contributed by atoms with Gasteiger partial charge in [0.2, 0.25) is 0 Å². The molecule has 1 heteroatoms. The first kappa shape index (κ1) is 38.3. The lowest BCUT2D eigenvalue weighted by Crippen LogP contribution is -2.16. The van der Waals surface area contributed by atoms with Crippen molar-refractivity contribution in [3.05, 3.63) is 161 Å². The van der Waals surface area contributed by atoms with Crippen LogP contribution in [0.15, 0.2) is 127 Å². The molecule has 0 aliphatic heterocycles. The van der Waals surface area contributed by atoms with Crippen LogP contribution in [0.4, 0.5) is 17.1 Å². The molecule has 6 aromatic carbocycles. The first-order valence-corrected chi connectivity index (χ1v) is 23.4. The molecule has 0 bridgehead atoms. The Bertz CT molecular complexity index is 2390. The van der Waals surface area contributed by atoms with E-state index in [1.807, 2.05) is 0 Å². The van der Waals surface area contributed by atoms with Crippen molar-refractivity contribution in [3.8, 4) is 33.4 Å². The maximum atomic E-state index is 2.63. The second kappa shape index (κ2) is 16.3. The summed E-state index contributed by atoms with van der Waals surface area (Å²) < 4.78 is 0. The van der Waals surface area contributed by atoms with Crippen molar-refractivity contribution in [1.82, 2.24) is 0 Å². The highest BCUT2D eigenvalue weighted by atomic mass is 15.1. The van der Waals surface area contributed by atoms with Gasteiger partial charge in [-0.2, -0.15) is 0 Å². The van der Waals surface area contributed by atoms with Crippen LogP contribution in [0.2, 0.25) is 0 Å². The minimum atomic E-state index is -0.0665. The molecular formula is C58H63N. The Hall–Kier alpha value is -4.88. The molecule has 0 amide bonds. The molecule has 59 heavy (non-hydrogen) atoms. The third kappa shape index (κ3) is 7.49. The lowest BCUT2D eigenvalue weighted by molar-refractivity contribution is 0.435. The van der Waals surface area contributed by atoms with Gasteiger partial charge in [-0.05, 0) is 172 Å². The number of anilines is 3. The van der Waals surface area contributed by atoms with Crippen molar-refractivity contribution in [2.45, 2.75) is 140 Å². The number of aryl methyl sites for hydroxylation is 1. The van der Waals surface area contributed by atoms with Gasteiger partial charge in [-0.3, -0.25) is 0 Å². The van der Waals surface area contributed by atoms with Gasteiger partial charge in [0.25, 0.3) is 0 Å².